The Hall–Kier alpha value is -0.230. The lowest BCUT2D eigenvalue weighted by Gasteiger charge is -2.36. The van der Waals surface area contributed by atoms with E-state index in [1.807, 2.05) is 31.7 Å². The minimum absolute atomic E-state index is 0.0119. The highest BCUT2D eigenvalue weighted by Gasteiger charge is 2.35. The van der Waals surface area contributed by atoms with Crippen molar-refractivity contribution in [2.24, 2.45) is 0 Å². The number of hydrogen-bond donors (Lipinski definition) is 0. The zero-order valence-electron chi connectivity index (χ0n) is 12.0. The zero-order valence-corrected chi connectivity index (χ0v) is 14.4. The van der Waals surface area contributed by atoms with Crippen molar-refractivity contribution in [3.8, 4) is 0 Å². The van der Waals surface area contributed by atoms with E-state index in [-0.39, 0.29) is 6.04 Å². The third-order valence-corrected chi connectivity index (χ3v) is 7.71. The second-order valence-corrected chi connectivity index (χ2v) is 8.72. The average molecular weight is 334 g/mol. The van der Waals surface area contributed by atoms with Crippen LogP contribution in [0.1, 0.15) is 25.0 Å². The molecule has 2 atom stereocenters. The lowest BCUT2D eigenvalue weighted by molar-refractivity contribution is 0.340. The largest absolute Gasteiger partial charge is 0.243 e. The normalized spacial score (nSPS) is 24.8. The fourth-order valence-electron chi connectivity index (χ4n) is 2.46. The molecule has 0 aromatic heterocycles. The summed E-state index contributed by atoms with van der Waals surface area (Å²) in [6, 6.07) is 5.33. The van der Waals surface area contributed by atoms with E-state index in [4.69, 9.17) is 11.6 Å². The zero-order chi connectivity index (χ0) is 14.9. The maximum absolute atomic E-state index is 12.9. The van der Waals surface area contributed by atoms with Crippen LogP contribution >= 0.6 is 23.4 Å². The van der Waals surface area contributed by atoms with E-state index < -0.39 is 10.0 Å². The number of halogens is 1. The van der Waals surface area contributed by atoms with Gasteiger partial charge in [0.1, 0.15) is 0 Å². The molecule has 2 rings (SSSR count). The first-order valence-electron chi connectivity index (χ1n) is 6.67. The summed E-state index contributed by atoms with van der Waals surface area (Å²) in [7, 11) is -3.45. The molecule has 1 aliphatic rings. The number of rotatable bonds is 3. The highest BCUT2D eigenvalue weighted by atomic mass is 35.5. The summed E-state index contributed by atoms with van der Waals surface area (Å²) in [5.41, 5.74) is 1.64. The Kier molecular flexibility index (Phi) is 5.05. The highest BCUT2D eigenvalue weighted by molar-refractivity contribution is 8.00. The van der Waals surface area contributed by atoms with Crippen LogP contribution in [0.2, 0.25) is 0 Å². The van der Waals surface area contributed by atoms with Gasteiger partial charge in [-0.1, -0.05) is 19.1 Å². The van der Waals surface area contributed by atoms with E-state index in [0.29, 0.717) is 22.6 Å². The molecule has 0 aliphatic carbocycles. The lowest BCUT2D eigenvalue weighted by Crippen LogP contribution is -2.47. The third-order valence-electron chi connectivity index (χ3n) is 3.95. The quantitative estimate of drug-likeness (QED) is 0.797. The van der Waals surface area contributed by atoms with E-state index in [1.165, 1.54) is 0 Å². The molecular formula is C14H20ClNO2S2. The van der Waals surface area contributed by atoms with Crippen LogP contribution in [0.4, 0.5) is 0 Å². The molecule has 1 aromatic carbocycles. The SMILES string of the molecule is Cc1c(CCl)cccc1S(=O)(=O)N1CCSC(C)C1C. The predicted octanol–water partition coefficient (Wildman–Crippen LogP) is 3.25. The van der Waals surface area contributed by atoms with Crippen molar-refractivity contribution < 1.29 is 8.42 Å². The lowest BCUT2D eigenvalue weighted by atomic mass is 10.1. The van der Waals surface area contributed by atoms with Crippen molar-refractivity contribution in [1.82, 2.24) is 4.31 Å². The van der Waals surface area contributed by atoms with Crippen molar-refractivity contribution in [2.45, 2.75) is 42.8 Å². The van der Waals surface area contributed by atoms with E-state index >= 15 is 0 Å². The van der Waals surface area contributed by atoms with E-state index in [9.17, 15) is 8.42 Å². The second-order valence-electron chi connectivity index (χ2n) is 5.11. The summed E-state index contributed by atoms with van der Waals surface area (Å²) in [5.74, 6) is 1.18. The first-order chi connectivity index (χ1) is 9.39. The molecule has 6 heteroatoms. The van der Waals surface area contributed by atoms with Crippen LogP contribution in [0.25, 0.3) is 0 Å². The first kappa shape index (κ1) is 16.1. The Labute approximate surface area is 130 Å². The van der Waals surface area contributed by atoms with Gasteiger partial charge in [-0.15, -0.1) is 11.6 Å². The molecule has 1 saturated heterocycles. The van der Waals surface area contributed by atoms with Crippen molar-refractivity contribution in [1.29, 1.82) is 0 Å². The molecule has 0 amide bonds. The molecule has 0 saturated carbocycles. The molecule has 0 bridgehead atoms. The van der Waals surface area contributed by atoms with Crippen LogP contribution in [-0.2, 0) is 15.9 Å². The Morgan fingerprint density at radius 2 is 2.10 bits per heavy atom. The fourth-order valence-corrected chi connectivity index (χ4v) is 6.01. The van der Waals surface area contributed by atoms with Crippen molar-refractivity contribution in [3.05, 3.63) is 29.3 Å². The smallest absolute Gasteiger partial charge is 0.207 e. The van der Waals surface area contributed by atoms with Crippen LogP contribution in [0.3, 0.4) is 0 Å². The van der Waals surface area contributed by atoms with Gasteiger partial charge in [0, 0.05) is 29.5 Å². The number of thioether (sulfide) groups is 1. The van der Waals surface area contributed by atoms with Crippen LogP contribution in [0.15, 0.2) is 23.1 Å². The summed E-state index contributed by atoms with van der Waals surface area (Å²) in [5, 5.41) is 0.315. The van der Waals surface area contributed by atoms with Crippen molar-refractivity contribution in [2.75, 3.05) is 12.3 Å². The van der Waals surface area contributed by atoms with Crippen LogP contribution in [0, 0.1) is 6.92 Å². The topological polar surface area (TPSA) is 37.4 Å². The maximum Gasteiger partial charge on any atom is 0.243 e. The molecule has 0 N–H and O–H groups in total. The number of sulfonamides is 1. The molecular weight excluding hydrogens is 314 g/mol. The minimum atomic E-state index is -3.45. The molecule has 1 fully saturated rings. The summed E-state index contributed by atoms with van der Waals surface area (Å²) < 4.78 is 27.4. The van der Waals surface area contributed by atoms with E-state index in [1.54, 1.807) is 16.4 Å². The average Bonchev–Trinajstić information content (AvgIpc) is 2.41. The molecule has 3 nitrogen and oxygen atoms in total. The van der Waals surface area contributed by atoms with Gasteiger partial charge in [0.25, 0.3) is 0 Å². The van der Waals surface area contributed by atoms with Gasteiger partial charge in [0.15, 0.2) is 0 Å². The van der Waals surface area contributed by atoms with Gasteiger partial charge in [-0.05, 0) is 31.0 Å². The van der Waals surface area contributed by atoms with Crippen LogP contribution in [-0.4, -0.2) is 36.3 Å². The van der Waals surface area contributed by atoms with Gasteiger partial charge in [0.2, 0.25) is 10.0 Å². The molecule has 1 aromatic rings. The summed E-state index contributed by atoms with van der Waals surface area (Å²) in [4.78, 5) is 0.390. The van der Waals surface area contributed by atoms with Gasteiger partial charge >= 0.3 is 0 Å². The first-order valence-corrected chi connectivity index (χ1v) is 9.70. The van der Waals surface area contributed by atoms with Crippen LogP contribution in [0.5, 0.6) is 0 Å². The van der Waals surface area contributed by atoms with Gasteiger partial charge in [0.05, 0.1) is 4.90 Å². The molecule has 1 aliphatic heterocycles. The number of nitrogens with zero attached hydrogens (tertiary/aromatic N) is 1. The van der Waals surface area contributed by atoms with Crippen LogP contribution < -0.4 is 0 Å². The van der Waals surface area contributed by atoms with E-state index in [2.05, 4.69) is 6.92 Å². The maximum atomic E-state index is 12.9. The molecule has 2 unspecified atom stereocenters. The van der Waals surface area contributed by atoms with Crippen molar-refractivity contribution in [3.63, 3.8) is 0 Å². The molecule has 0 spiro atoms. The molecule has 20 heavy (non-hydrogen) atoms. The highest BCUT2D eigenvalue weighted by Crippen LogP contribution is 2.31. The molecule has 112 valence electrons. The minimum Gasteiger partial charge on any atom is -0.207 e. The Bertz CT molecular complexity index is 589. The Morgan fingerprint density at radius 3 is 2.75 bits per heavy atom. The number of alkyl halides is 1. The van der Waals surface area contributed by atoms with Gasteiger partial charge in [-0.3, -0.25) is 0 Å². The standard InChI is InChI=1S/C14H20ClNO2S2/c1-10-13(9-15)5-4-6-14(10)20(17,18)16-7-8-19-12(3)11(16)2/h4-6,11-12H,7-9H2,1-3H3. The van der Waals surface area contributed by atoms with E-state index in [0.717, 1.165) is 16.9 Å². The summed E-state index contributed by atoms with van der Waals surface area (Å²) in [6.45, 7) is 6.47. The monoisotopic (exact) mass is 333 g/mol. The second kappa shape index (κ2) is 6.26. The fraction of sp³-hybridized carbons (Fsp3) is 0.571. The van der Waals surface area contributed by atoms with Gasteiger partial charge in [-0.25, -0.2) is 8.42 Å². The van der Waals surface area contributed by atoms with Gasteiger partial charge < -0.3 is 0 Å². The molecule has 0 radical (unpaired) electrons. The van der Waals surface area contributed by atoms with Crippen molar-refractivity contribution >= 4 is 33.4 Å². The molecule has 1 heterocycles. The Morgan fingerprint density at radius 1 is 1.40 bits per heavy atom. The predicted molar refractivity (Wildman–Crippen MR) is 86.0 cm³/mol. The summed E-state index contributed by atoms with van der Waals surface area (Å²) in [6.07, 6.45) is 0. The number of benzene rings is 1. The number of hydrogen-bond acceptors (Lipinski definition) is 3. The third kappa shape index (κ3) is 2.86. The summed E-state index contributed by atoms with van der Waals surface area (Å²) >= 11 is 7.71. The Balaban J connectivity index is 2.45. The van der Waals surface area contributed by atoms with Gasteiger partial charge in [-0.2, -0.15) is 16.1 Å².